The molecule has 2 saturated heterocycles. The molecule has 2 aliphatic heterocycles. The Morgan fingerprint density at radius 3 is 2.81 bits per heavy atom. The maximum absolute atomic E-state index is 12.6. The average Bonchev–Trinajstić information content (AvgIpc) is 2.52. The zero-order valence-electron chi connectivity index (χ0n) is 12.1. The highest BCUT2D eigenvalue weighted by molar-refractivity contribution is 5.95. The lowest BCUT2D eigenvalue weighted by Crippen LogP contribution is -2.60. The molecule has 0 radical (unpaired) electrons. The summed E-state index contributed by atoms with van der Waals surface area (Å²) in [5, 5.41) is 0. The third kappa shape index (κ3) is 2.78. The number of nitrogens with zero attached hydrogens (tertiary/aromatic N) is 2. The van der Waals surface area contributed by atoms with Crippen LogP contribution in [-0.4, -0.2) is 40.7 Å². The number of nitrogens with two attached hydrogens (primary N) is 1. The van der Waals surface area contributed by atoms with Crippen molar-refractivity contribution in [1.29, 1.82) is 0 Å². The fraction of sp³-hybridized carbons (Fsp3) is 0.500. The second-order valence-electron chi connectivity index (χ2n) is 5.82. The normalized spacial score (nSPS) is 22.4. The van der Waals surface area contributed by atoms with E-state index in [4.69, 9.17) is 5.73 Å². The summed E-state index contributed by atoms with van der Waals surface area (Å²) >= 11 is 0. The quantitative estimate of drug-likeness (QED) is 0.897. The van der Waals surface area contributed by atoms with Gasteiger partial charge in [0.2, 0.25) is 11.8 Å². The van der Waals surface area contributed by atoms with Gasteiger partial charge in [0.25, 0.3) is 0 Å². The summed E-state index contributed by atoms with van der Waals surface area (Å²) in [5.74, 6) is 0.168. The number of piperidine rings is 1. The van der Waals surface area contributed by atoms with Gasteiger partial charge in [-0.3, -0.25) is 9.59 Å². The van der Waals surface area contributed by atoms with Crippen molar-refractivity contribution in [3.05, 3.63) is 35.4 Å². The van der Waals surface area contributed by atoms with Gasteiger partial charge in [-0.15, -0.1) is 0 Å². The molecule has 1 aromatic carbocycles. The predicted molar refractivity (Wildman–Crippen MR) is 79.1 cm³/mol. The Kier molecular flexibility index (Phi) is 3.92. The first kappa shape index (κ1) is 14.1. The molecule has 2 aliphatic rings. The Morgan fingerprint density at radius 2 is 2.00 bits per heavy atom. The van der Waals surface area contributed by atoms with Gasteiger partial charge in [0.1, 0.15) is 12.6 Å². The lowest BCUT2D eigenvalue weighted by atomic mass is 9.98. The molecular formula is C16H21N3O2. The fourth-order valence-electron chi connectivity index (χ4n) is 3.24. The van der Waals surface area contributed by atoms with Gasteiger partial charge in [-0.1, -0.05) is 24.3 Å². The number of rotatable bonds is 3. The molecule has 0 spiro atoms. The molecule has 2 amide bonds. The van der Waals surface area contributed by atoms with Crippen LogP contribution in [0.15, 0.2) is 24.3 Å². The number of fused-ring (bicyclic) bond motifs is 1. The van der Waals surface area contributed by atoms with Crippen molar-refractivity contribution < 1.29 is 9.59 Å². The molecule has 2 N–H and O–H groups in total. The van der Waals surface area contributed by atoms with Crippen LogP contribution in [-0.2, 0) is 22.7 Å². The number of hydrogen-bond donors (Lipinski definition) is 1. The molecule has 0 bridgehead atoms. The van der Waals surface area contributed by atoms with Gasteiger partial charge in [0, 0.05) is 19.6 Å². The van der Waals surface area contributed by atoms with Gasteiger partial charge in [-0.2, -0.15) is 0 Å². The molecule has 0 aromatic heterocycles. The van der Waals surface area contributed by atoms with E-state index in [2.05, 4.69) is 0 Å². The van der Waals surface area contributed by atoms with Crippen molar-refractivity contribution in [1.82, 2.24) is 9.80 Å². The molecule has 2 fully saturated rings. The highest BCUT2D eigenvalue weighted by Gasteiger charge is 2.40. The Balaban J connectivity index is 1.76. The smallest absolute Gasteiger partial charge is 0.246 e. The summed E-state index contributed by atoms with van der Waals surface area (Å²) in [4.78, 5) is 28.2. The van der Waals surface area contributed by atoms with Crippen LogP contribution >= 0.6 is 0 Å². The molecule has 2 heterocycles. The second-order valence-corrected chi connectivity index (χ2v) is 5.82. The Labute approximate surface area is 124 Å². The van der Waals surface area contributed by atoms with E-state index in [0.29, 0.717) is 13.1 Å². The molecule has 5 nitrogen and oxygen atoms in total. The largest absolute Gasteiger partial charge is 0.329 e. The predicted octanol–water partition coefficient (Wildman–Crippen LogP) is 0.869. The van der Waals surface area contributed by atoms with Crippen LogP contribution in [0.1, 0.15) is 30.4 Å². The summed E-state index contributed by atoms with van der Waals surface area (Å²) in [5.41, 5.74) is 7.72. The summed E-state index contributed by atoms with van der Waals surface area (Å²) in [6, 6.07) is 7.66. The molecule has 1 atom stereocenters. The number of carbonyl (C=O) groups is 2. The standard InChI is InChI=1S/C16H21N3O2/c17-9-12-4-3-5-13(8-12)10-18-11-15(20)19-7-2-1-6-14(19)16(18)21/h3-5,8,14H,1-2,6-7,9-11,17H2. The highest BCUT2D eigenvalue weighted by atomic mass is 16.2. The van der Waals surface area contributed by atoms with Crippen LogP contribution in [0.5, 0.6) is 0 Å². The van der Waals surface area contributed by atoms with E-state index in [9.17, 15) is 9.59 Å². The maximum Gasteiger partial charge on any atom is 0.246 e. The summed E-state index contributed by atoms with van der Waals surface area (Å²) in [7, 11) is 0. The van der Waals surface area contributed by atoms with E-state index in [1.807, 2.05) is 24.3 Å². The third-order valence-corrected chi connectivity index (χ3v) is 4.35. The van der Waals surface area contributed by atoms with E-state index < -0.39 is 0 Å². The minimum absolute atomic E-state index is 0.0780. The van der Waals surface area contributed by atoms with Crippen molar-refractivity contribution in [2.24, 2.45) is 5.73 Å². The van der Waals surface area contributed by atoms with Gasteiger partial charge in [-0.05, 0) is 30.4 Å². The molecule has 0 saturated carbocycles. The van der Waals surface area contributed by atoms with E-state index in [1.165, 1.54) is 0 Å². The molecule has 0 aliphatic carbocycles. The van der Waals surface area contributed by atoms with Crippen molar-refractivity contribution in [3.8, 4) is 0 Å². The number of amides is 2. The Bertz CT molecular complexity index is 558. The van der Waals surface area contributed by atoms with Crippen LogP contribution in [0, 0.1) is 0 Å². The lowest BCUT2D eigenvalue weighted by molar-refractivity contribution is -0.158. The monoisotopic (exact) mass is 287 g/mol. The minimum Gasteiger partial charge on any atom is -0.329 e. The number of benzene rings is 1. The SMILES string of the molecule is NCc1cccc(CN2CC(=O)N3CCCCC3C2=O)c1. The average molecular weight is 287 g/mol. The van der Waals surface area contributed by atoms with Gasteiger partial charge in [-0.25, -0.2) is 0 Å². The van der Waals surface area contributed by atoms with Crippen molar-refractivity contribution in [2.45, 2.75) is 38.4 Å². The van der Waals surface area contributed by atoms with Crippen LogP contribution in [0.2, 0.25) is 0 Å². The summed E-state index contributed by atoms with van der Waals surface area (Å²) in [6.45, 7) is 1.90. The minimum atomic E-state index is -0.238. The molecular weight excluding hydrogens is 266 g/mol. The molecule has 1 aromatic rings. The number of carbonyl (C=O) groups excluding carboxylic acids is 2. The number of hydrogen-bond acceptors (Lipinski definition) is 3. The zero-order chi connectivity index (χ0) is 14.8. The van der Waals surface area contributed by atoms with Gasteiger partial charge in [0.05, 0.1) is 0 Å². The number of piperazine rings is 1. The Hall–Kier alpha value is -1.88. The molecule has 21 heavy (non-hydrogen) atoms. The van der Waals surface area contributed by atoms with Gasteiger partial charge < -0.3 is 15.5 Å². The van der Waals surface area contributed by atoms with Crippen LogP contribution < -0.4 is 5.73 Å². The molecule has 112 valence electrons. The van der Waals surface area contributed by atoms with Gasteiger partial charge in [0.15, 0.2) is 0 Å². The van der Waals surface area contributed by atoms with E-state index in [-0.39, 0.29) is 24.4 Å². The van der Waals surface area contributed by atoms with E-state index >= 15 is 0 Å². The van der Waals surface area contributed by atoms with Crippen LogP contribution in [0.4, 0.5) is 0 Å². The zero-order valence-corrected chi connectivity index (χ0v) is 12.1. The van der Waals surface area contributed by atoms with Crippen LogP contribution in [0.25, 0.3) is 0 Å². The second kappa shape index (κ2) is 5.85. The molecule has 1 unspecified atom stereocenters. The van der Waals surface area contributed by atoms with Crippen LogP contribution in [0.3, 0.4) is 0 Å². The first-order valence-corrected chi connectivity index (χ1v) is 7.55. The van der Waals surface area contributed by atoms with Crippen molar-refractivity contribution in [2.75, 3.05) is 13.1 Å². The topological polar surface area (TPSA) is 66.6 Å². The fourth-order valence-corrected chi connectivity index (χ4v) is 3.24. The first-order chi connectivity index (χ1) is 10.2. The molecule has 5 heteroatoms. The first-order valence-electron chi connectivity index (χ1n) is 7.55. The lowest BCUT2D eigenvalue weighted by Gasteiger charge is -2.42. The summed E-state index contributed by atoms with van der Waals surface area (Å²) in [6.07, 6.45) is 2.83. The van der Waals surface area contributed by atoms with Crippen molar-refractivity contribution in [3.63, 3.8) is 0 Å². The summed E-state index contributed by atoms with van der Waals surface area (Å²) < 4.78 is 0. The molecule has 3 rings (SSSR count). The highest BCUT2D eigenvalue weighted by Crippen LogP contribution is 2.24. The maximum atomic E-state index is 12.6. The van der Waals surface area contributed by atoms with E-state index in [0.717, 1.165) is 36.9 Å². The van der Waals surface area contributed by atoms with Crippen molar-refractivity contribution >= 4 is 11.8 Å². The van der Waals surface area contributed by atoms with Gasteiger partial charge >= 0.3 is 0 Å². The third-order valence-electron chi connectivity index (χ3n) is 4.35. The Morgan fingerprint density at radius 1 is 1.19 bits per heavy atom. The van der Waals surface area contributed by atoms with E-state index in [1.54, 1.807) is 9.80 Å².